The number of hydrogen-bond acceptors (Lipinski definition) is 5. The van der Waals surface area contributed by atoms with E-state index in [1.54, 1.807) is 0 Å². The van der Waals surface area contributed by atoms with Crippen molar-refractivity contribution in [3.8, 4) is 0 Å². The molecule has 0 fully saturated rings. The molecule has 0 saturated carbocycles. The van der Waals surface area contributed by atoms with E-state index in [0.29, 0.717) is 13.0 Å². The third-order valence-electron chi connectivity index (χ3n) is 2.41. The second-order valence-corrected chi connectivity index (χ2v) is 5.77. The van der Waals surface area contributed by atoms with Crippen molar-refractivity contribution in [3.63, 3.8) is 0 Å². The Kier molecular flexibility index (Phi) is 4.76. The number of benzene rings is 1. The smallest absolute Gasteiger partial charge is 0.270 e. The Hall–Kier alpha value is -1.51. The lowest BCUT2D eigenvalue weighted by Gasteiger charge is -2.16. The van der Waals surface area contributed by atoms with E-state index in [9.17, 15) is 18.5 Å². The van der Waals surface area contributed by atoms with Crippen LogP contribution in [0.25, 0.3) is 0 Å². The number of non-ortho nitro benzene ring substituents is 1. The van der Waals surface area contributed by atoms with Gasteiger partial charge in [0.2, 0.25) is 10.0 Å². The van der Waals surface area contributed by atoms with E-state index in [1.165, 1.54) is 25.2 Å². The molecule has 0 aliphatic heterocycles. The summed E-state index contributed by atoms with van der Waals surface area (Å²) in [4.78, 5) is 9.89. The first kappa shape index (κ1) is 14.6. The highest BCUT2D eigenvalue weighted by Gasteiger charge is 2.22. The molecule has 0 aliphatic rings. The van der Waals surface area contributed by atoms with Crippen LogP contribution in [0.5, 0.6) is 0 Å². The van der Waals surface area contributed by atoms with E-state index >= 15 is 0 Å². The normalized spacial score (nSPS) is 11.7. The van der Waals surface area contributed by atoms with Crippen molar-refractivity contribution in [2.75, 3.05) is 20.1 Å². The third kappa shape index (κ3) is 3.25. The molecule has 0 saturated heterocycles. The molecule has 18 heavy (non-hydrogen) atoms. The number of nitrogens with zero attached hydrogens (tertiary/aromatic N) is 2. The third-order valence-corrected chi connectivity index (χ3v) is 4.27. The summed E-state index contributed by atoms with van der Waals surface area (Å²) >= 11 is 0. The van der Waals surface area contributed by atoms with Gasteiger partial charge in [0, 0.05) is 25.7 Å². The van der Waals surface area contributed by atoms with Crippen LogP contribution in [-0.4, -0.2) is 37.8 Å². The first-order valence-electron chi connectivity index (χ1n) is 5.30. The molecule has 0 unspecified atom stereocenters. The fraction of sp³-hybridized carbons (Fsp3) is 0.400. The van der Waals surface area contributed by atoms with E-state index in [-0.39, 0.29) is 17.1 Å². The maximum Gasteiger partial charge on any atom is 0.270 e. The van der Waals surface area contributed by atoms with Crippen molar-refractivity contribution < 1.29 is 13.3 Å². The second kappa shape index (κ2) is 5.89. The molecule has 0 aromatic heterocycles. The lowest BCUT2D eigenvalue weighted by molar-refractivity contribution is -0.385. The molecule has 0 heterocycles. The number of rotatable bonds is 6. The minimum absolute atomic E-state index is 0.0868. The zero-order valence-electron chi connectivity index (χ0n) is 9.94. The Morgan fingerprint density at radius 1 is 1.44 bits per heavy atom. The summed E-state index contributed by atoms with van der Waals surface area (Å²) in [6, 6.07) is 4.98. The maximum absolute atomic E-state index is 12.1. The number of hydrogen-bond donors (Lipinski definition) is 1. The van der Waals surface area contributed by atoms with E-state index in [1.807, 2.05) is 0 Å². The quantitative estimate of drug-likeness (QED) is 0.602. The average Bonchev–Trinajstić information content (AvgIpc) is 2.35. The first-order chi connectivity index (χ1) is 8.39. The van der Waals surface area contributed by atoms with Gasteiger partial charge in [-0.25, -0.2) is 12.7 Å². The van der Waals surface area contributed by atoms with Crippen LogP contribution in [0.1, 0.15) is 6.42 Å². The molecule has 7 nitrogen and oxygen atoms in total. The van der Waals surface area contributed by atoms with E-state index in [2.05, 4.69) is 0 Å². The number of nitrogens with two attached hydrogens (primary N) is 1. The summed E-state index contributed by atoms with van der Waals surface area (Å²) in [5.41, 5.74) is 5.06. The molecule has 2 N–H and O–H groups in total. The number of nitro benzene ring substituents is 1. The van der Waals surface area contributed by atoms with Crippen LogP contribution in [0.4, 0.5) is 5.69 Å². The Morgan fingerprint density at radius 2 is 2.11 bits per heavy atom. The molecule has 1 rings (SSSR count). The highest BCUT2D eigenvalue weighted by Crippen LogP contribution is 2.20. The largest absolute Gasteiger partial charge is 0.330 e. The van der Waals surface area contributed by atoms with Crippen molar-refractivity contribution in [1.29, 1.82) is 0 Å². The summed E-state index contributed by atoms with van der Waals surface area (Å²) < 4.78 is 25.3. The standard InChI is InChI=1S/C10H15N3O4S/c1-12(7-3-6-11)18(16,17)10-5-2-4-9(8-10)13(14)15/h2,4-5,8H,3,6-7,11H2,1H3. The summed E-state index contributed by atoms with van der Waals surface area (Å²) in [6.45, 7) is 0.663. The Bertz CT molecular complexity index is 530. The number of sulfonamides is 1. The molecule has 0 amide bonds. The molecule has 1 aromatic carbocycles. The van der Waals surface area contributed by atoms with Gasteiger partial charge < -0.3 is 5.73 Å². The zero-order chi connectivity index (χ0) is 13.8. The van der Waals surface area contributed by atoms with Crippen LogP contribution in [0.15, 0.2) is 29.2 Å². The molecule has 0 spiro atoms. The highest BCUT2D eigenvalue weighted by molar-refractivity contribution is 7.89. The Balaban J connectivity index is 3.04. The van der Waals surface area contributed by atoms with Gasteiger partial charge in [-0.1, -0.05) is 6.07 Å². The van der Waals surface area contributed by atoms with Crippen LogP contribution < -0.4 is 5.73 Å². The van der Waals surface area contributed by atoms with Crippen molar-refractivity contribution >= 4 is 15.7 Å². The first-order valence-corrected chi connectivity index (χ1v) is 6.74. The van der Waals surface area contributed by atoms with Crippen LogP contribution >= 0.6 is 0 Å². The van der Waals surface area contributed by atoms with E-state index < -0.39 is 14.9 Å². The predicted molar refractivity (Wildman–Crippen MR) is 66.6 cm³/mol. The Labute approximate surface area is 105 Å². The highest BCUT2D eigenvalue weighted by atomic mass is 32.2. The molecule has 0 radical (unpaired) electrons. The minimum atomic E-state index is -3.69. The summed E-state index contributed by atoms with van der Waals surface area (Å²) in [5, 5.41) is 10.6. The van der Waals surface area contributed by atoms with Gasteiger partial charge in [-0.15, -0.1) is 0 Å². The second-order valence-electron chi connectivity index (χ2n) is 3.72. The molecular formula is C10H15N3O4S. The van der Waals surface area contributed by atoms with Gasteiger partial charge in [0.05, 0.1) is 9.82 Å². The van der Waals surface area contributed by atoms with Gasteiger partial charge in [0.1, 0.15) is 0 Å². The van der Waals surface area contributed by atoms with Gasteiger partial charge in [-0.2, -0.15) is 0 Å². The molecule has 8 heteroatoms. The molecule has 0 atom stereocenters. The van der Waals surface area contributed by atoms with Gasteiger partial charge in [0.25, 0.3) is 5.69 Å². The van der Waals surface area contributed by atoms with Crippen molar-refractivity contribution in [1.82, 2.24) is 4.31 Å². The summed E-state index contributed by atoms with van der Waals surface area (Å²) in [5.74, 6) is 0. The molecule has 100 valence electrons. The van der Waals surface area contributed by atoms with Crippen molar-refractivity contribution in [2.24, 2.45) is 5.73 Å². The fourth-order valence-electron chi connectivity index (χ4n) is 1.37. The van der Waals surface area contributed by atoms with Crippen molar-refractivity contribution in [2.45, 2.75) is 11.3 Å². The fourth-order valence-corrected chi connectivity index (χ4v) is 2.62. The minimum Gasteiger partial charge on any atom is -0.330 e. The number of nitro groups is 1. The van der Waals surface area contributed by atoms with Gasteiger partial charge in [-0.3, -0.25) is 10.1 Å². The summed E-state index contributed by atoms with van der Waals surface area (Å²) in [6.07, 6.45) is 0.532. The monoisotopic (exact) mass is 273 g/mol. The zero-order valence-corrected chi connectivity index (χ0v) is 10.8. The molecule has 0 bridgehead atoms. The van der Waals surface area contributed by atoms with Crippen LogP contribution in [0.3, 0.4) is 0 Å². The van der Waals surface area contributed by atoms with Crippen LogP contribution in [0.2, 0.25) is 0 Å². The maximum atomic E-state index is 12.1. The van der Waals surface area contributed by atoms with Gasteiger partial charge in [0.15, 0.2) is 0 Å². The SMILES string of the molecule is CN(CCCN)S(=O)(=O)c1cccc([N+](=O)[O-])c1. The average molecular weight is 273 g/mol. The molecule has 1 aromatic rings. The predicted octanol–water partition coefficient (Wildman–Crippen LogP) is 0.564. The van der Waals surface area contributed by atoms with Gasteiger partial charge >= 0.3 is 0 Å². The topological polar surface area (TPSA) is 107 Å². The summed E-state index contributed by atoms with van der Waals surface area (Å²) in [7, 11) is -2.27. The lowest BCUT2D eigenvalue weighted by Crippen LogP contribution is -2.29. The Morgan fingerprint density at radius 3 is 2.67 bits per heavy atom. The van der Waals surface area contributed by atoms with Crippen LogP contribution in [0, 0.1) is 10.1 Å². The molecular weight excluding hydrogens is 258 g/mol. The van der Waals surface area contributed by atoms with E-state index in [4.69, 9.17) is 5.73 Å². The lowest BCUT2D eigenvalue weighted by atomic mass is 10.3. The van der Waals surface area contributed by atoms with Crippen molar-refractivity contribution in [3.05, 3.63) is 34.4 Å². The molecule has 0 aliphatic carbocycles. The van der Waals surface area contributed by atoms with E-state index in [0.717, 1.165) is 10.4 Å². The van der Waals surface area contributed by atoms with Crippen LogP contribution in [-0.2, 0) is 10.0 Å². The van der Waals surface area contributed by atoms with Gasteiger partial charge in [-0.05, 0) is 19.0 Å².